The number of aliphatic hydroxyl groups is 1. The van der Waals surface area contributed by atoms with Crippen molar-refractivity contribution in [3.8, 4) is 0 Å². The highest BCUT2D eigenvalue weighted by Crippen LogP contribution is 2.22. The Bertz CT molecular complexity index is 760. The van der Waals surface area contributed by atoms with Gasteiger partial charge in [-0.05, 0) is 48.9 Å². The van der Waals surface area contributed by atoms with Gasteiger partial charge in [-0.15, -0.1) is 11.6 Å². The predicted molar refractivity (Wildman–Crippen MR) is 106 cm³/mol. The number of hydrogen-bond donors (Lipinski definition) is 2. The van der Waals surface area contributed by atoms with E-state index in [0.717, 1.165) is 18.4 Å². The first-order chi connectivity index (χ1) is 12.1. The summed E-state index contributed by atoms with van der Waals surface area (Å²) in [5.41, 5.74) is 4.59. The summed E-state index contributed by atoms with van der Waals surface area (Å²) in [6.45, 7) is 8.25. The molecule has 0 saturated heterocycles. The molecule has 132 valence electrons. The summed E-state index contributed by atoms with van der Waals surface area (Å²) in [4.78, 5) is 8.36. The molecule has 25 heavy (non-hydrogen) atoms. The molecular weight excluding hydrogens is 334 g/mol. The molecular formula is C20H24ClN3O. The standard InChI is InChI=1S/C20H24ClN3O/c1-4-6-15-7-5-8-16(10-15)12-23-20(22-3)17-11-19(25)14(2)9-18(17)24-13-21/h5,7-11,23,25H,3-4,6,12-13H2,1-2H3/b20-17+,24-18-. The Morgan fingerprint density at radius 2 is 2.04 bits per heavy atom. The predicted octanol–water partition coefficient (Wildman–Crippen LogP) is 4.68. The lowest BCUT2D eigenvalue weighted by molar-refractivity contribution is 0.422. The van der Waals surface area contributed by atoms with Gasteiger partial charge in [0.05, 0.1) is 5.71 Å². The Hall–Kier alpha value is -2.33. The van der Waals surface area contributed by atoms with E-state index in [4.69, 9.17) is 11.6 Å². The number of hydrogen-bond acceptors (Lipinski definition) is 4. The Kier molecular flexibility index (Phi) is 7.02. The van der Waals surface area contributed by atoms with E-state index in [1.807, 2.05) is 6.92 Å². The number of aliphatic hydroxyl groups excluding tert-OH is 1. The number of rotatable bonds is 7. The highest BCUT2D eigenvalue weighted by atomic mass is 35.5. The van der Waals surface area contributed by atoms with Gasteiger partial charge in [-0.3, -0.25) is 4.99 Å². The second-order valence-corrected chi connectivity index (χ2v) is 6.10. The van der Waals surface area contributed by atoms with Crippen LogP contribution in [0.5, 0.6) is 0 Å². The first-order valence-corrected chi connectivity index (χ1v) is 8.85. The fourth-order valence-electron chi connectivity index (χ4n) is 2.67. The van der Waals surface area contributed by atoms with Crippen LogP contribution in [0, 0.1) is 0 Å². The van der Waals surface area contributed by atoms with Gasteiger partial charge in [-0.1, -0.05) is 37.6 Å². The van der Waals surface area contributed by atoms with Gasteiger partial charge in [-0.25, -0.2) is 4.99 Å². The number of halogens is 1. The van der Waals surface area contributed by atoms with Crippen molar-refractivity contribution in [2.75, 3.05) is 6.00 Å². The first-order valence-electron chi connectivity index (χ1n) is 8.31. The van der Waals surface area contributed by atoms with Crippen molar-refractivity contribution >= 4 is 24.0 Å². The van der Waals surface area contributed by atoms with E-state index in [2.05, 4.69) is 53.2 Å². The second-order valence-electron chi connectivity index (χ2n) is 5.86. The molecule has 0 heterocycles. The fourth-order valence-corrected chi connectivity index (χ4v) is 2.80. The van der Waals surface area contributed by atoms with Crippen molar-refractivity contribution in [3.63, 3.8) is 0 Å². The zero-order valence-corrected chi connectivity index (χ0v) is 15.5. The molecule has 1 aromatic rings. The topological polar surface area (TPSA) is 57.0 Å². The summed E-state index contributed by atoms with van der Waals surface area (Å²) in [7, 11) is 0. The van der Waals surface area contributed by atoms with Crippen LogP contribution in [-0.2, 0) is 13.0 Å². The van der Waals surface area contributed by atoms with E-state index < -0.39 is 0 Å². The largest absolute Gasteiger partial charge is 0.508 e. The minimum absolute atomic E-state index is 0.140. The van der Waals surface area contributed by atoms with Crippen LogP contribution in [-0.4, -0.2) is 23.5 Å². The van der Waals surface area contributed by atoms with Crippen molar-refractivity contribution in [3.05, 3.63) is 70.3 Å². The molecule has 0 radical (unpaired) electrons. The maximum atomic E-state index is 10.0. The van der Waals surface area contributed by atoms with Crippen molar-refractivity contribution in [2.45, 2.75) is 33.2 Å². The van der Waals surface area contributed by atoms with Gasteiger partial charge in [0.15, 0.2) is 0 Å². The summed E-state index contributed by atoms with van der Waals surface area (Å²) in [5, 5.41) is 13.3. The lowest BCUT2D eigenvalue weighted by Gasteiger charge is -2.16. The van der Waals surface area contributed by atoms with Crippen LogP contribution in [0.1, 0.15) is 31.4 Å². The number of aryl methyl sites for hydroxylation is 1. The molecule has 0 unspecified atom stereocenters. The minimum Gasteiger partial charge on any atom is -0.508 e. The van der Waals surface area contributed by atoms with Crippen LogP contribution in [0.25, 0.3) is 0 Å². The summed E-state index contributed by atoms with van der Waals surface area (Å²) < 4.78 is 0. The molecule has 0 aromatic heterocycles. The smallest absolute Gasteiger partial charge is 0.135 e. The summed E-state index contributed by atoms with van der Waals surface area (Å²) in [6, 6.07) is 8.60. The van der Waals surface area contributed by atoms with Crippen LogP contribution in [0.15, 0.2) is 69.1 Å². The molecule has 2 rings (SSSR count). The van der Waals surface area contributed by atoms with Gasteiger partial charge in [0, 0.05) is 12.1 Å². The number of nitrogens with zero attached hydrogens (tertiary/aromatic N) is 2. The summed E-state index contributed by atoms with van der Waals surface area (Å²) >= 11 is 5.76. The lowest BCUT2D eigenvalue weighted by Crippen LogP contribution is -2.18. The molecule has 4 nitrogen and oxygen atoms in total. The van der Waals surface area contributed by atoms with Gasteiger partial charge in [0.1, 0.15) is 17.6 Å². The van der Waals surface area contributed by atoms with E-state index in [1.54, 1.807) is 12.2 Å². The number of aliphatic imine (C=N–C) groups is 2. The molecule has 5 heteroatoms. The van der Waals surface area contributed by atoms with E-state index in [0.29, 0.717) is 23.7 Å². The molecule has 0 saturated carbocycles. The van der Waals surface area contributed by atoms with Crippen molar-refractivity contribution in [2.24, 2.45) is 9.98 Å². The SMILES string of the molecule is C=N/C(NCc1cccc(CCC)c1)=C1/C=C(O)C(C)=C/C1=N/CCl. The van der Waals surface area contributed by atoms with Gasteiger partial charge < -0.3 is 10.4 Å². The number of benzene rings is 1. The zero-order valence-electron chi connectivity index (χ0n) is 14.7. The first kappa shape index (κ1) is 19.0. The average molecular weight is 358 g/mol. The molecule has 0 bridgehead atoms. The number of alkyl halides is 1. The van der Waals surface area contributed by atoms with Crippen LogP contribution in [0.2, 0.25) is 0 Å². The fraction of sp³-hybridized carbons (Fsp3) is 0.300. The highest BCUT2D eigenvalue weighted by molar-refractivity contribution is 6.20. The Labute approximate surface area is 154 Å². The van der Waals surface area contributed by atoms with Gasteiger partial charge in [0.2, 0.25) is 0 Å². The maximum absolute atomic E-state index is 10.0. The quantitative estimate of drug-likeness (QED) is 0.423. The maximum Gasteiger partial charge on any atom is 0.135 e. The van der Waals surface area contributed by atoms with Crippen LogP contribution in [0.3, 0.4) is 0 Å². The molecule has 1 aliphatic rings. The third kappa shape index (κ3) is 5.07. The van der Waals surface area contributed by atoms with Crippen molar-refractivity contribution < 1.29 is 5.11 Å². The molecule has 1 aliphatic carbocycles. The van der Waals surface area contributed by atoms with E-state index in [-0.39, 0.29) is 11.8 Å². The van der Waals surface area contributed by atoms with Crippen LogP contribution < -0.4 is 5.32 Å². The summed E-state index contributed by atoms with van der Waals surface area (Å²) in [5.74, 6) is 0.761. The minimum atomic E-state index is 0.140. The van der Waals surface area contributed by atoms with Gasteiger partial charge in [-0.2, -0.15) is 0 Å². The molecule has 0 spiro atoms. The third-order valence-electron chi connectivity index (χ3n) is 3.95. The molecule has 2 N–H and O–H groups in total. The van der Waals surface area contributed by atoms with Crippen molar-refractivity contribution in [1.29, 1.82) is 0 Å². The van der Waals surface area contributed by atoms with E-state index >= 15 is 0 Å². The number of allylic oxidation sites excluding steroid dienone is 4. The van der Waals surface area contributed by atoms with Crippen molar-refractivity contribution in [1.82, 2.24) is 5.32 Å². The van der Waals surface area contributed by atoms with Gasteiger partial charge in [0.25, 0.3) is 0 Å². The number of nitrogens with one attached hydrogen (secondary N) is 1. The lowest BCUT2D eigenvalue weighted by atomic mass is 9.99. The summed E-state index contributed by atoms with van der Waals surface area (Å²) in [6.07, 6.45) is 5.62. The Balaban J connectivity index is 2.26. The Morgan fingerprint density at radius 1 is 1.28 bits per heavy atom. The molecule has 0 amide bonds. The van der Waals surface area contributed by atoms with Gasteiger partial charge >= 0.3 is 0 Å². The molecule has 0 atom stereocenters. The third-order valence-corrected chi connectivity index (χ3v) is 4.07. The monoisotopic (exact) mass is 357 g/mol. The van der Waals surface area contributed by atoms with Crippen LogP contribution in [0.4, 0.5) is 0 Å². The highest BCUT2D eigenvalue weighted by Gasteiger charge is 2.16. The zero-order chi connectivity index (χ0) is 18.2. The second kappa shape index (κ2) is 9.23. The molecule has 1 aromatic carbocycles. The normalized spacial score (nSPS) is 17.8. The molecule has 0 aliphatic heterocycles. The average Bonchev–Trinajstić information content (AvgIpc) is 2.60. The van der Waals surface area contributed by atoms with E-state index in [1.165, 1.54) is 11.1 Å². The molecule has 0 fully saturated rings. The van der Waals surface area contributed by atoms with Crippen LogP contribution >= 0.6 is 11.6 Å². The van der Waals surface area contributed by atoms with E-state index in [9.17, 15) is 5.11 Å². The Morgan fingerprint density at radius 3 is 2.72 bits per heavy atom.